The molecule has 0 aliphatic carbocycles. The molecule has 226 valence electrons. The highest BCUT2D eigenvalue weighted by Gasteiger charge is 2.37. The Kier molecular flexibility index (Phi) is 10.7. The molecule has 0 heterocycles. The number of rotatable bonds is 10. The fourth-order valence-corrected chi connectivity index (χ4v) is 6.15. The minimum atomic E-state index is -4.88. The molecule has 0 bridgehead atoms. The highest BCUT2D eigenvalue weighted by Crippen LogP contribution is 2.38. The second kappa shape index (κ2) is 13.5. The number of nitrogens with one attached hydrogen (secondary N) is 1. The number of alkyl halides is 3. The Labute approximate surface area is 256 Å². The highest BCUT2D eigenvalue weighted by atomic mass is 79.9. The second-order valence-corrected chi connectivity index (χ2v) is 13.2. The first-order valence-corrected chi connectivity index (χ1v) is 15.4. The van der Waals surface area contributed by atoms with Crippen LogP contribution in [0.4, 0.5) is 18.9 Å². The predicted octanol–water partition coefficient (Wildman–Crippen LogP) is 6.57. The summed E-state index contributed by atoms with van der Waals surface area (Å²) in [5.74, 6) is -1.28. The molecule has 0 saturated carbocycles. The highest BCUT2D eigenvalue weighted by molar-refractivity contribution is 9.10. The number of sulfonamides is 1. The van der Waals surface area contributed by atoms with Gasteiger partial charge in [-0.25, -0.2) is 8.42 Å². The number of hydrogen-bond donors (Lipinski definition) is 1. The summed E-state index contributed by atoms with van der Waals surface area (Å²) >= 11 is 9.17. The minimum absolute atomic E-state index is 0.0716. The van der Waals surface area contributed by atoms with Crippen molar-refractivity contribution < 1.29 is 31.2 Å². The van der Waals surface area contributed by atoms with Crippen LogP contribution in [0.5, 0.6) is 0 Å². The van der Waals surface area contributed by atoms with Gasteiger partial charge in [0.05, 0.1) is 21.2 Å². The molecule has 7 nitrogen and oxygen atoms in total. The Morgan fingerprint density at radius 3 is 2.21 bits per heavy atom. The van der Waals surface area contributed by atoms with Gasteiger partial charge in [-0.15, -0.1) is 0 Å². The Morgan fingerprint density at radius 1 is 1.00 bits per heavy atom. The first kappa shape index (κ1) is 33.4. The van der Waals surface area contributed by atoms with Gasteiger partial charge in [-0.05, 0) is 75.7 Å². The second-order valence-electron chi connectivity index (χ2n) is 9.98. The predicted molar refractivity (Wildman–Crippen MR) is 160 cm³/mol. The number of amides is 2. The minimum Gasteiger partial charge on any atom is -0.352 e. The van der Waals surface area contributed by atoms with Gasteiger partial charge in [0.15, 0.2) is 0 Å². The summed E-state index contributed by atoms with van der Waals surface area (Å²) in [5.41, 5.74) is -0.274. The summed E-state index contributed by atoms with van der Waals surface area (Å²) in [6, 6.07) is 14.0. The van der Waals surface area contributed by atoms with Crippen LogP contribution < -0.4 is 9.62 Å². The maximum absolute atomic E-state index is 13.9. The van der Waals surface area contributed by atoms with Crippen LogP contribution in [-0.2, 0) is 32.3 Å². The number of carbonyl (C=O) groups excluding carboxylic acids is 2. The van der Waals surface area contributed by atoms with Crippen LogP contribution in [0.2, 0.25) is 5.02 Å². The van der Waals surface area contributed by atoms with Crippen LogP contribution in [0.15, 0.2) is 76.1 Å². The summed E-state index contributed by atoms with van der Waals surface area (Å²) in [7, 11) is -4.55. The molecule has 0 aromatic heterocycles. The topological polar surface area (TPSA) is 86.8 Å². The van der Waals surface area contributed by atoms with Crippen molar-refractivity contribution in [1.29, 1.82) is 0 Å². The average Bonchev–Trinajstić information content (AvgIpc) is 2.89. The van der Waals surface area contributed by atoms with Gasteiger partial charge in [-0.2, -0.15) is 13.2 Å². The van der Waals surface area contributed by atoms with E-state index in [1.54, 1.807) is 45.0 Å². The van der Waals surface area contributed by atoms with E-state index in [0.717, 1.165) is 22.2 Å². The van der Waals surface area contributed by atoms with Crippen molar-refractivity contribution >= 4 is 55.1 Å². The maximum atomic E-state index is 13.9. The molecule has 0 fully saturated rings. The standard InChI is InChI=1S/C29H30BrClF3N3O4S/c1-18(2)35-28(39)20(4)36(16-21-6-5-7-22(30)14-21)27(38)17-37(42(40,41)24-11-8-19(3)9-12-24)23-10-13-26(31)25(15-23)29(32,33)34/h5-15,18,20H,16-17H2,1-4H3,(H,35,39). The zero-order valence-electron chi connectivity index (χ0n) is 23.2. The van der Waals surface area contributed by atoms with Gasteiger partial charge in [0.1, 0.15) is 12.6 Å². The van der Waals surface area contributed by atoms with E-state index in [2.05, 4.69) is 21.2 Å². The van der Waals surface area contributed by atoms with E-state index in [1.807, 2.05) is 0 Å². The normalized spacial score (nSPS) is 12.6. The zero-order valence-corrected chi connectivity index (χ0v) is 26.4. The van der Waals surface area contributed by atoms with E-state index in [0.29, 0.717) is 15.9 Å². The number of nitrogens with zero attached hydrogens (tertiary/aromatic N) is 2. The molecule has 2 amide bonds. The summed E-state index contributed by atoms with van der Waals surface area (Å²) in [5, 5.41) is 2.11. The molecule has 0 spiro atoms. The maximum Gasteiger partial charge on any atom is 0.417 e. The number of anilines is 1. The molecular formula is C29H30BrClF3N3O4S. The van der Waals surface area contributed by atoms with Crippen molar-refractivity contribution in [2.24, 2.45) is 0 Å². The third-order valence-corrected chi connectivity index (χ3v) is 8.88. The Bertz CT molecular complexity index is 1550. The molecule has 0 radical (unpaired) electrons. The zero-order chi connectivity index (χ0) is 31.4. The van der Waals surface area contributed by atoms with Crippen LogP contribution in [0.1, 0.15) is 37.5 Å². The molecule has 1 atom stereocenters. The van der Waals surface area contributed by atoms with Crippen molar-refractivity contribution in [3.63, 3.8) is 0 Å². The third kappa shape index (κ3) is 8.26. The number of aryl methyl sites for hydroxylation is 1. The van der Waals surface area contributed by atoms with Crippen LogP contribution >= 0.6 is 27.5 Å². The molecule has 0 aliphatic rings. The molecule has 0 aliphatic heterocycles. The SMILES string of the molecule is Cc1ccc(S(=O)(=O)N(CC(=O)N(Cc2cccc(Br)c2)C(C)C(=O)NC(C)C)c2ccc(Cl)c(C(F)(F)F)c2)cc1. The molecule has 1 N–H and O–H groups in total. The lowest BCUT2D eigenvalue weighted by Crippen LogP contribution is -2.52. The lowest BCUT2D eigenvalue weighted by Gasteiger charge is -2.32. The summed E-state index contributed by atoms with van der Waals surface area (Å²) in [6.07, 6.45) is -4.88. The van der Waals surface area contributed by atoms with Crippen LogP contribution in [0, 0.1) is 6.92 Å². The molecule has 3 aromatic rings. The first-order valence-electron chi connectivity index (χ1n) is 12.8. The molecule has 13 heteroatoms. The Balaban J connectivity index is 2.13. The van der Waals surface area contributed by atoms with E-state index in [1.165, 1.54) is 36.1 Å². The van der Waals surface area contributed by atoms with Crippen molar-refractivity contribution in [3.05, 3.63) is 92.9 Å². The van der Waals surface area contributed by atoms with E-state index >= 15 is 0 Å². The van der Waals surface area contributed by atoms with Crippen molar-refractivity contribution in [3.8, 4) is 0 Å². The fourth-order valence-electron chi connectivity index (χ4n) is 4.07. The Morgan fingerprint density at radius 2 is 1.64 bits per heavy atom. The van der Waals surface area contributed by atoms with E-state index < -0.39 is 56.9 Å². The summed E-state index contributed by atoms with van der Waals surface area (Å²) in [6.45, 7) is 5.78. The molecule has 3 rings (SSSR count). The van der Waals surface area contributed by atoms with Gasteiger partial charge >= 0.3 is 6.18 Å². The van der Waals surface area contributed by atoms with Gasteiger partial charge < -0.3 is 10.2 Å². The number of carbonyl (C=O) groups is 2. The van der Waals surface area contributed by atoms with Crippen molar-refractivity contribution in [1.82, 2.24) is 10.2 Å². The first-order chi connectivity index (χ1) is 19.5. The third-order valence-electron chi connectivity index (χ3n) is 6.27. The lowest BCUT2D eigenvalue weighted by molar-refractivity contribution is -0.139. The number of benzene rings is 3. The molecule has 1 unspecified atom stereocenters. The fraction of sp³-hybridized carbons (Fsp3) is 0.310. The van der Waals surface area contributed by atoms with E-state index in [4.69, 9.17) is 11.6 Å². The van der Waals surface area contributed by atoms with Crippen LogP contribution in [0.25, 0.3) is 0 Å². The van der Waals surface area contributed by atoms with Gasteiger partial charge in [0.2, 0.25) is 11.8 Å². The van der Waals surface area contributed by atoms with Gasteiger partial charge in [0, 0.05) is 17.1 Å². The lowest BCUT2D eigenvalue weighted by atomic mass is 10.1. The van der Waals surface area contributed by atoms with Crippen LogP contribution in [0.3, 0.4) is 0 Å². The quantitative estimate of drug-likeness (QED) is 0.261. The number of hydrogen-bond acceptors (Lipinski definition) is 4. The van der Waals surface area contributed by atoms with Crippen LogP contribution in [-0.4, -0.2) is 43.8 Å². The van der Waals surface area contributed by atoms with E-state index in [-0.39, 0.29) is 17.5 Å². The number of halogens is 5. The summed E-state index contributed by atoms with van der Waals surface area (Å²) < 4.78 is 70.3. The monoisotopic (exact) mass is 687 g/mol. The Hall–Kier alpha value is -3.09. The van der Waals surface area contributed by atoms with Crippen molar-refractivity contribution in [2.45, 2.75) is 57.4 Å². The largest absolute Gasteiger partial charge is 0.417 e. The molecular weight excluding hydrogens is 659 g/mol. The van der Waals surface area contributed by atoms with Gasteiger partial charge in [-0.3, -0.25) is 13.9 Å². The summed E-state index contributed by atoms with van der Waals surface area (Å²) in [4.78, 5) is 27.8. The molecule has 42 heavy (non-hydrogen) atoms. The smallest absolute Gasteiger partial charge is 0.352 e. The van der Waals surface area contributed by atoms with Gasteiger partial charge in [-0.1, -0.05) is 57.4 Å². The average molecular weight is 689 g/mol. The van der Waals surface area contributed by atoms with Crippen molar-refractivity contribution in [2.75, 3.05) is 10.8 Å². The molecule has 3 aromatic carbocycles. The molecule has 0 saturated heterocycles. The van der Waals surface area contributed by atoms with Gasteiger partial charge in [0.25, 0.3) is 10.0 Å². The van der Waals surface area contributed by atoms with E-state index in [9.17, 15) is 31.2 Å².